The standard InChI is InChI=1S/C18H17ClN2O2/c1-2-21-16-7-6-13(9-14(16)10-17(21)22)18(23)20-11-12-4-3-5-15(19)8-12/h3-9H,2,10-11H2,1H3,(H,20,23). The number of amides is 2. The highest BCUT2D eigenvalue weighted by Gasteiger charge is 2.26. The number of fused-ring (bicyclic) bond motifs is 1. The first-order chi connectivity index (χ1) is 11.1. The SMILES string of the molecule is CCN1C(=O)Cc2cc(C(=O)NCc3cccc(Cl)c3)ccc21. The highest BCUT2D eigenvalue weighted by atomic mass is 35.5. The molecule has 1 heterocycles. The number of carbonyl (C=O) groups is 2. The molecule has 0 unspecified atom stereocenters. The molecule has 0 radical (unpaired) electrons. The average molecular weight is 329 g/mol. The van der Waals surface area contributed by atoms with E-state index in [1.165, 1.54) is 0 Å². The van der Waals surface area contributed by atoms with Gasteiger partial charge in [-0.05, 0) is 48.4 Å². The lowest BCUT2D eigenvalue weighted by Crippen LogP contribution is -2.25. The number of carbonyl (C=O) groups excluding carboxylic acids is 2. The van der Waals surface area contributed by atoms with Crippen LogP contribution in [0.2, 0.25) is 5.02 Å². The van der Waals surface area contributed by atoms with E-state index in [2.05, 4.69) is 5.32 Å². The van der Waals surface area contributed by atoms with Gasteiger partial charge in [0, 0.05) is 29.4 Å². The number of benzene rings is 2. The maximum atomic E-state index is 12.3. The van der Waals surface area contributed by atoms with Gasteiger partial charge in [0.15, 0.2) is 0 Å². The summed E-state index contributed by atoms with van der Waals surface area (Å²) in [5, 5.41) is 3.52. The summed E-state index contributed by atoms with van der Waals surface area (Å²) in [6, 6.07) is 12.8. The van der Waals surface area contributed by atoms with Gasteiger partial charge in [0.05, 0.1) is 6.42 Å². The van der Waals surface area contributed by atoms with Crippen LogP contribution in [0.15, 0.2) is 42.5 Å². The summed E-state index contributed by atoms with van der Waals surface area (Å²) in [4.78, 5) is 25.9. The summed E-state index contributed by atoms with van der Waals surface area (Å²) in [6.45, 7) is 3.00. The van der Waals surface area contributed by atoms with Crippen LogP contribution >= 0.6 is 11.6 Å². The van der Waals surface area contributed by atoms with Gasteiger partial charge in [-0.15, -0.1) is 0 Å². The van der Waals surface area contributed by atoms with Gasteiger partial charge >= 0.3 is 0 Å². The van der Waals surface area contributed by atoms with Crippen LogP contribution < -0.4 is 10.2 Å². The van der Waals surface area contributed by atoms with E-state index in [0.29, 0.717) is 30.1 Å². The highest BCUT2D eigenvalue weighted by Crippen LogP contribution is 2.29. The van der Waals surface area contributed by atoms with Crippen LogP contribution in [-0.2, 0) is 17.8 Å². The Kier molecular flexibility index (Phi) is 4.35. The fourth-order valence-electron chi connectivity index (χ4n) is 2.80. The Morgan fingerprint density at radius 1 is 1.26 bits per heavy atom. The van der Waals surface area contributed by atoms with E-state index in [9.17, 15) is 9.59 Å². The summed E-state index contributed by atoms with van der Waals surface area (Å²) in [7, 11) is 0. The van der Waals surface area contributed by atoms with Crippen LogP contribution in [-0.4, -0.2) is 18.4 Å². The second-order valence-electron chi connectivity index (χ2n) is 5.47. The van der Waals surface area contributed by atoms with Crippen molar-refractivity contribution >= 4 is 29.1 Å². The number of nitrogens with one attached hydrogen (secondary N) is 1. The monoisotopic (exact) mass is 328 g/mol. The normalized spacial score (nSPS) is 13.1. The number of nitrogens with zero attached hydrogens (tertiary/aromatic N) is 1. The lowest BCUT2D eigenvalue weighted by Gasteiger charge is -2.14. The molecule has 3 rings (SSSR count). The topological polar surface area (TPSA) is 49.4 Å². The minimum atomic E-state index is -0.157. The van der Waals surface area contributed by atoms with Gasteiger partial charge in [-0.25, -0.2) is 0 Å². The first kappa shape index (κ1) is 15.6. The summed E-state index contributed by atoms with van der Waals surface area (Å²) < 4.78 is 0. The van der Waals surface area contributed by atoms with Gasteiger partial charge in [-0.2, -0.15) is 0 Å². The largest absolute Gasteiger partial charge is 0.348 e. The minimum Gasteiger partial charge on any atom is -0.348 e. The second-order valence-corrected chi connectivity index (χ2v) is 5.91. The first-order valence-electron chi connectivity index (χ1n) is 7.54. The van der Waals surface area contributed by atoms with Crippen molar-refractivity contribution < 1.29 is 9.59 Å². The van der Waals surface area contributed by atoms with Gasteiger partial charge < -0.3 is 10.2 Å². The van der Waals surface area contributed by atoms with Crippen molar-refractivity contribution in [2.24, 2.45) is 0 Å². The predicted octanol–water partition coefficient (Wildman–Crippen LogP) is 3.18. The Morgan fingerprint density at radius 2 is 2.09 bits per heavy atom. The van der Waals surface area contributed by atoms with Crippen LogP contribution in [0.4, 0.5) is 5.69 Å². The predicted molar refractivity (Wildman–Crippen MR) is 90.8 cm³/mol. The molecule has 0 aliphatic carbocycles. The van der Waals surface area contributed by atoms with E-state index >= 15 is 0 Å². The van der Waals surface area contributed by atoms with Crippen molar-refractivity contribution in [2.45, 2.75) is 19.9 Å². The van der Waals surface area contributed by atoms with E-state index in [1.54, 1.807) is 23.1 Å². The third-order valence-electron chi connectivity index (χ3n) is 3.93. The molecule has 0 saturated heterocycles. The van der Waals surface area contributed by atoms with Crippen LogP contribution in [0.3, 0.4) is 0 Å². The number of likely N-dealkylation sites (N-methyl/N-ethyl adjacent to an activating group) is 1. The van der Waals surface area contributed by atoms with Crippen LogP contribution in [0.5, 0.6) is 0 Å². The Hall–Kier alpha value is -2.33. The van der Waals surface area contributed by atoms with Crippen molar-refractivity contribution in [3.63, 3.8) is 0 Å². The zero-order valence-corrected chi connectivity index (χ0v) is 13.6. The molecule has 2 amide bonds. The summed E-state index contributed by atoms with van der Waals surface area (Å²) in [5.74, 6) is -0.0749. The zero-order chi connectivity index (χ0) is 16.4. The van der Waals surface area contributed by atoms with Gasteiger partial charge in [0.2, 0.25) is 5.91 Å². The lowest BCUT2D eigenvalue weighted by molar-refractivity contribution is -0.117. The van der Waals surface area contributed by atoms with Crippen molar-refractivity contribution in [3.8, 4) is 0 Å². The molecule has 118 valence electrons. The number of hydrogen-bond acceptors (Lipinski definition) is 2. The Labute approximate surface area is 140 Å². The molecule has 1 aliphatic heterocycles. The number of hydrogen-bond donors (Lipinski definition) is 1. The zero-order valence-electron chi connectivity index (χ0n) is 12.8. The molecule has 0 saturated carbocycles. The van der Waals surface area contributed by atoms with Crippen LogP contribution in [0.1, 0.15) is 28.4 Å². The molecule has 5 heteroatoms. The molecule has 0 spiro atoms. The molecule has 23 heavy (non-hydrogen) atoms. The Morgan fingerprint density at radius 3 is 2.83 bits per heavy atom. The molecule has 2 aromatic carbocycles. The summed E-state index contributed by atoms with van der Waals surface area (Å²) in [5.41, 5.74) is 3.33. The quantitative estimate of drug-likeness (QED) is 0.937. The van der Waals surface area contributed by atoms with Gasteiger partial charge in [-0.3, -0.25) is 9.59 Å². The molecule has 2 aromatic rings. The Bertz CT molecular complexity index is 773. The van der Waals surface area contributed by atoms with E-state index in [4.69, 9.17) is 11.6 Å². The van der Waals surface area contributed by atoms with E-state index < -0.39 is 0 Å². The number of anilines is 1. The maximum Gasteiger partial charge on any atom is 0.251 e. The number of halogens is 1. The highest BCUT2D eigenvalue weighted by molar-refractivity contribution is 6.30. The van der Waals surface area contributed by atoms with E-state index in [1.807, 2.05) is 31.2 Å². The van der Waals surface area contributed by atoms with Gasteiger partial charge in [0.1, 0.15) is 0 Å². The molecule has 0 atom stereocenters. The molecule has 1 aliphatic rings. The van der Waals surface area contributed by atoms with Crippen molar-refractivity contribution in [1.82, 2.24) is 5.32 Å². The molecule has 1 N–H and O–H groups in total. The molecule has 0 fully saturated rings. The molecule has 0 bridgehead atoms. The number of rotatable bonds is 4. The maximum absolute atomic E-state index is 12.3. The van der Waals surface area contributed by atoms with Crippen molar-refractivity contribution in [2.75, 3.05) is 11.4 Å². The fourth-order valence-corrected chi connectivity index (χ4v) is 3.02. The molecule has 4 nitrogen and oxygen atoms in total. The third-order valence-corrected chi connectivity index (χ3v) is 4.17. The smallest absolute Gasteiger partial charge is 0.251 e. The summed E-state index contributed by atoms with van der Waals surface area (Å²) >= 11 is 5.93. The molecule has 0 aromatic heterocycles. The first-order valence-corrected chi connectivity index (χ1v) is 7.92. The summed E-state index contributed by atoms with van der Waals surface area (Å²) in [6.07, 6.45) is 0.360. The van der Waals surface area contributed by atoms with Crippen molar-refractivity contribution in [1.29, 1.82) is 0 Å². The Balaban J connectivity index is 1.72. The molecular formula is C18H17ClN2O2. The average Bonchev–Trinajstić information content (AvgIpc) is 2.86. The minimum absolute atomic E-state index is 0.0824. The third kappa shape index (κ3) is 3.22. The van der Waals surface area contributed by atoms with E-state index in [-0.39, 0.29) is 11.8 Å². The molecular weight excluding hydrogens is 312 g/mol. The lowest BCUT2D eigenvalue weighted by atomic mass is 10.1. The van der Waals surface area contributed by atoms with E-state index in [0.717, 1.165) is 16.8 Å². The fraction of sp³-hybridized carbons (Fsp3) is 0.222. The van der Waals surface area contributed by atoms with Gasteiger partial charge in [-0.1, -0.05) is 23.7 Å². The van der Waals surface area contributed by atoms with Gasteiger partial charge in [0.25, 0.3) is 5.91 Å². The second kappa shape index (κ2) is 6.42. The van der Waals surface area contributed by atoms with Crippen molar-refractivity contribution in [3.05, 3.63) is 64.2 Å². The van der Waals surface area contributed by atoms with Crippen LogP contribution in [0.25, 0.3) is 0 Å². The van der Waals surface area contributed by atoms with Crippen LogP contribution in [0, 0.1) is 0 Å².